The van der Waals surface area contributed by atoms with Crippen LogP contribution >= 0.6 is 11.6 Å². The SMILES string of the molecule is CC(Cl)(C=O)c1ccc(Oc2ccccc2)cc1. The Kier molecular flexibility index (Phi) is 3.68. The van der Waals surface area contributed by atoms with Crippen molar-refractivity contribution in [1.29, 1.82) is 0 Å². The fourth-order valence-electron chi connectivity index (χ4n) is 1.54. The first kappa shape index (κ1) is 12.7. The number of hydrogen-bond acceptors (Lipinski definition) is 2. The Morgan fingerprint density at radius 3 is 2.11 bits per heavy atom. The van der Waals surface area contributed by atoms with Crippen LogP contribution in [0.15, 0.2) is 54.6 Å². The zero-order valence-electron chi connectivity index (χ0n) is 9.97. The van der Waals surface area contributed by atoms with Gasteiger partial charge < -0.3 is 9.53 Å². The lowest BCUT2D eigenvalue weighted by Crippen LogP contribution is -2.14. The van der Waals surface area contributed by atoms with E-state index in [4.69, 9.17) is 16.3 Å². The molecule has 2 aromatic rings. The van der Waals surface area contributed by atoms with Crippen LogP contribution in [0.4, 0.5) is 0 Å². The summed E-state index contributed by atoms with van der Waals surface area (Å²) in [4.78, 5) is 9.86. The van der Waals surface area contributed by atoms with Gasteiger partial charge in [0.2, 0.25) is 0 Å². The number of para-hydroxylation sites is 1. The molecule has 3 heteroatoms. The average Bonchev–Trinajstić information content (AvgIpc) is 2.40. The van der Waals surface area contributed by atoms with Gasteiger partial charge in [-0.2, -0.15) is 0 Å². The third-order valence-electron chi connectivity index (χ3n) is 2.62. The van der Waals surface area contributed by atoms with E-state index in [2.05, 4.69) is 0 Å². The number of carbonyl (C=O) groups is 1. The number of halogens is 1. The number of ether oxygens (including phenoxy) is 1. The molecule has 2 rings (SSSR count). The predicted molar refractivity (Wildman–Crippen MR) is 72.2 cm³/mol. The molecule has 0 bridgehead atoms. The van der Waals surface area contributed by atoms with Gasteiger partial charge in [0.05, 0.1) is 0 Å². The summed E-state index contributed by atoms with van der Waals surface area (Å²) in [5.74, 6) is 1.48. The number of aldehydes is 1. The topological polar surface area (TPSA) is 26.3 Å². The van der Waals surface area contributed by atoms with Crippen LogP contribution < -0.4 is 4.74 Å². The standard InChI is InChI=1S/C15H13ClO2/c1-15(16,11-17)12-7-9-14(10-8-12)18-13-5-3-2-4-6-13/h2-11H,1H3. The zero-order valence-corrected chi connectivity index (χ0v) is 10.7. The molecule has 0 radical (unpaired) electrons. The summed E-state index contributed by atoms with van der Waals surface area (Å²) >= 11 is 6.05. The van der Waals surface area contributed by atoms with Crippen LogP contribution in [0, 0.1) is 0 Å². The average molecular weight is 261 g/mol. The van der Waals surface area contributed by atoms with Crippen LogP contribution in [-0.4, -0.2) is 6.29 Å². The van der Waals surface area contributed by atoms with Crippen molar-refractivity contribution in [3.8, 4) is 11.5 Å². The lowest BCUT2D eigenvalue weighted by molar-refractivity contribution is -0.109. The van der Waals surface area contributed by atoms with Gasteiger partial charge in [-0.25, -0.2) is 0 Å². The van der Waals surface area contributed by atoms with Crippen molar-refractivity contribution in [2.75, 3.05) is 0 Å². The Balaban J connectivity index is 2.16. The summed E-state index contributed by atoms with van der Waals surface area (Å²) < 4.78 is 5.65. The minimum absolute atomic E-state index is 0.711. The number of carbonyl (C=O) groups excluding carboxylic acids is 1. The van der Waals surface area contributed by atoms with E-state index in [0.29, 0.717) is 5.75 Å². The molecule has 0 aromatic heterocycles. The molecular weight excluding hydrogens is 248 g/mol. The third-order valence-corrected chi connectivity index (χ3v) is 2.93. The van der Waals surface area contributed by atoms with Crippen LogP contribution in [0.1, 0.15) is 12.5 Å². The van der Waals surface area contributed by atoms with Crippen molar-refractivity contribution in [2.24, 2.45) is 0 Å². The fraction of sp³-hybridized carbons (Fsp3) is 0.133. The fourth-order valence-corrected chi connectivity index (χ4v) is 1.67. The number of hydrogen-bond donors (Lipinski definition) is 0. The van der Waals surface area contributed by atoms with Gasteiger partial charge in [0.15, 0.2) is 0 Å². The molecule has 0 aliphatic heterocycles. The van der Waals surface area contributed by atoms with Crippen molar-refractivity contribution < 1.29 is 9.53 Å². The highest BCUT2D eigenvalue weighted by Crippen LogP contribution is 2.29. The summed E-state index contributed by atoms with van der Waals surface area (Å²) in [5, 5.41) is 0. The van der Waals surface area contributed by atoms with E-state index in [9.17, 15) is 4.79 Å². The maximum Gasteiger partial charge on any atom is 0.145 e. The molecule has 0 amide bonds. The van der Waals surface area contributed by atoms with Crippen LogP contribution in [-0.2, 0) is 9.67 Å². The van der Waals surface area contributed by atoms with Crippen molar-refractivity contribution in [3.05, 3.63) is 60.2 Å². The molecule has 1 atom stereocenters. The smallest absolute Gasteiger partial charge is 0.145 e. The number of alkyl halides is 1. The zero-order chi connectivity index (χ0) is 13.0. The van der Waals surface area contributed by atoms with E-state index >= 15 is 0 Å². The normalized spacial score (nSPS) is 13.7. The van der Waals surface area contributed by atoms with Gasteiger partial charge in [0, 0.05) is 0 Å². The van der Waals surface area contributed by atoms with Gasteiger partial charge >= 0.3 is 0 Å². The number of benzene rings is 2. The molecule has 0 fully saturated rings. The molecule has 2 aromatic carbocycles. The van der Waals surface area contributed by atoms with E-state index in [-0.39, 0.29) is 0 Å². The first-order chi connectivity index (χ1) is 8.62. The van der Waals surface area contributed by atoms with E-state index in [1.54, 1.807) is 31.2 Å². The summed E-state index contributed by atoms with van der Waals surface area (Å²) in [5.41, 5.74) is 0.750. The van der Waals surface area contributed by atoms with Gasteiger partial charge in [0.25, 0.3) is 0 Å². The molecule has 0 N–H and O–H groups in total. The van der Waals surface area contributed by atoms with E-state index < -0.39 is 4.87 Å². The van der Waals surface area contributed by atoms with Crippen LogP contribution in [0.3, 0.4) is 0 Å². The largest absolute Gasteiger partial charge is 0.457 e. The van der Waals surface area contributed by atoms with Crippen molar-refractivity contribution in [1.82, 2.24) is 0 Å². The Bertz CT molecular complexity index is 518. The van der Waals surface area contributed by atoms with Gasteiger partial charge in [-0.15, -0.1) is 11.6 Å². The molecule has 92 valence electrons. The van der Waals surface area contributed by atoms with E-state index in [1.165, 1.54) is 0 Å². The summed E-state index contributed by atoms with van der Waals surface area (Å²) in [6.45, 7) is 1.66. The molecule has 18 heavy (non-hydrogen) atoms. The monoisotopic (exact) mass is 260 g/mol. The molecule has 0 saturated heterocycles. The first-order valence-electron chi connectivity index (χ1n) is 5.60. The van der Waals surface area contributed by atoms with E-state index in [1.807, 2.05) is 30.3 Å². The Hall–Kier alpha value is -1.80. The Labute approximate surface area is 111 Å². The minimum Gasteiger partial charge on any atom is -0.457 e. The molecule has 0 saturated carbocycles. The lowest BCUT2D eigenvalue weighted by Gasteiger charge is -2.15. The Morgan fingerprint density at radius 2 is 1.56 bits per heavy atom. The molecule has 1 unspecified atom stereocenters. The van der Waals surface area contributed by atoms with Crippen molar-refractivity contribution >= 4 is 17.9 Å². The summed E-state index contributed by atoms with van der Waals surface area (Å²) in [7, 11) is 0. The van der Waals surface area contributed by atoms with Gasteiger partial charge in [-0.3, -0.25) is 0 Å². The van der Waals surface area contributed by atoms with Gasteiger partial charge in [-0.05, 0) is 36.8 Å². The molecule has 0 spiro atoms. The van der Waals surface area contributed by atoms with Crippen LogP contribution in [0.5, 0.6) is 11.5 Å². The van der Waals surface area contributed by atoms with Crippen molar-refractivity contribution in [2.45, 2.75) is 11.8 Å². The number of rotatable bonds is 4. The predicted octanol–water partition coefficient (Wildman–Crippen LogP) is 4.13. The highest BCUT2D eigenvalue weighted by Gasteiger charge is 2.22. The van der Waals surface area contributed by atoms with Gasteiger partial charge in [0.1, 0.15) is 22.7 Å². The second-order valence-electron chi connectivity index (χ2n) is 4.13. The lowest BCUT2D eigenvalue weighted by atomic mass is 10.0. The molecule has 0 aliphatic carbocycles. The Morgan fingerprint density at radius 1 is 1.00 bits per heavy atom. The van der Waals surface area contributed by atoms with Crippen LogP contribution in [0.2, 0.25) is 0 Å². The van der Waals surface area contributed by atoms with E-state index in [0.717, 1.165) is 17.6 Å². The highest BCUT2D eigenvalue weighted by molar-refractivity contribution is 6.31. The quantitative estimate of drug-likeness (QED) is 0.610. The maximum atomic E-state index is 10.8. The second-order valence-corrected chi connectivity index (χ2v) is 4.92. The summed E-state index contributed by atoms with van der Waals surface area (Å²) in [6.07, 6.45) is 0.724. The van der Waals surface area contributed by atoms with Crippen LogP contribution in [0.25, 0.3) is 0 Å². The minimum atomic E-state index is -0.981. The van der Waals surface area contributed by atoms with Crippen molar-refractivity contribution in [3.63, 3.8) is 0 Å². The van der Waals surface area contributed by atoms with Gasteiger partial charge in [-0.1, -0.05) is 30.3 Å². The summed E-state index contributed by atoms with van der Waals surface area (Å²) in [6, 6.07) is 16.7. The maximum absolute atomic E-state index is 10.8. The molecule has 0 aliphatic rings. The second kappa shape index (κ2) is 5.23. The highest BCUT2D eigenvalue weighted by atomic mass is 35.5. The molecule has 2 nitrogen and oxygen atoms in total. The molecule has 0 heterocycles. The first-order valence-corrected chi connectivity index (χ1v) is 5.98. The third kappa shape index (κ3) is 2.90. The molecular formula is C15H13ClO2.